The van der Waals surface area contributed by atoms with Gasteiger partial charge in [-0.2, -0.15) is 0 Å². The topological polar surface area (TPSA) is 30.5 Å². The van der Waals surface area contributed by atoms with Crippen molar-refractivity contribution in [2.75, 3.05) is 19.8 Å². The number of para-hydroxylation sites is 1. The lowest BCUT2D eigenvalue weighted by Gasteiger charge is -2.19. The van der Waals surface area contributed by atoms with E-state index in [1.165, 1.54) is 0 Å². The van der Waals surface area contributed by atoms with E-state index in [-0.39, 0.29) is 6.10 Å². The fourth-order valence-corrected chi connectivity index (χ4v) is 1.82. The summed E-state index contributed by atoms with van der Waals surface area (Å²) in [5, 5.41) is 3.42. The second-order valence-corrected chi connectivity index (χ2v) is 5.01. The second kappa shape index (κ2) is 9.82. The van der Waals surface area contributed by atoms with Crippen LogP contribution in [0.3, 0.4) is 0 Å². The van der Waals surface area contributed by atoms with Crippen LogP contribution in [-0.2, 0) is 4.74 Å². The summed E-state index contributed by atoms with van der Waals surface area (Å²) in [6.45, 7) is 8.65. The first-order chi connectivity index (χ1) is 9.22. The highest BCUT2D eigenvalue weighted by atomic mass is 16.5. The number of ether oxygens (including phenoxy) is 2. The van der Waals surface area contributed by atoms with Gasteiger partial charge in [0.05, 0.1) is 12.7 Å². The van der Waals surface area contributed by atoms with Gasteiger partial charge in [0, 0.05) is 12.6 Å². The molecule has 0 saturated heterocycles. The summed E-state index contributed by atoms with van der Waals surface area (Å²) in [4.78, 5) is 0. The second-order valence-electron chi connectivity index (χ2n) is 5.01. The predicted octanol–water partition coefficient (Wildman–Crippen LogP) is 3.25. The average molecular weight is 265 g/mol. The smallest absolute Gasteiger partial charge is 0.119 e. The van der Waals surface area contributed by atoms with Crippen molar-refractivity contribution < 1.29 is 9.47 Å². The van der Waals surface area contributed by atoms with Crippen molar-refractivity contribution in [2.45, 2.75) is 45.8 Å². The minimum atomic E-state index is 0.284. The first-order valence-electron chi connectivity index (χ1n) is 7.25. The van der Waals surface area contributed by atoms with Crippen molar-refractivity contribution in [3.63, 3.8) is 0 Å². The summed E-state index contributed by atoms with van der Waals surface area (Å²) < 4.78 is 11.5. The molecule has 0 spiro atoms. The minimum Gasteiger partial charge on any atom is -0.491 e. The molecule has 0 fully saturated rings. The molecule has 0 bridgehead atoms. The SMILES string of the molecule is CCCC(CNC(C)C)OCCOc1ccccc1. The molecule has 108 valence electrons. The van der Waals surface area contributed by atoms with E-state index in [2.05, 4.69) is 26.1 Å². The normalized spacial score (nSPS) is 12.6. The average Bonchev–Trinajstić information content (AvgIpc) is 2.41. The third kappa shape index (κ3) is 7.85. The third-order valence-electron chi connectivity index (χ3n) is 2.81. The molecule has 0 aromatic heterocycles. The molecule has 0 amide bonds. The molecule has 1 aromatic carbocycles. The van der Waals surface area contributed by atoms with Gasteiger partial charge < -0.3 is 14.8 Å². The Balaban J connectivity index is 2.17. The molecule has 19 heavy (non-hydrogen) atoms. The van der Waals surface area contributed by atoms with Gasteiger partial charge in [-0.15, -0.1) is 0 Å². The van der Waals surface area contributed by atoms with E-state index < -0.39 is 0 Å². The molecule has 1 aromatic rings. The third-order valence-corrected chi connectivity index (χ3v) is 2.81. The molecule has 0 saturated carbocycles. The van der Waals surface area contributed by atoms with Crippen molar-refractivity contribution in [1.29, 1.82) is 0 Å². The van der Waals surface area contributed by atoms with Crippen LogP contribution in [0.5, 0.6) is 5.75 Å². The maximum atomic E-state index is 5.87. The molecular weight excluding hydrogens is 238 g/mol. The van der Waals surface area contributed by atoms with Crippen LogP contribution in [0.1, 0.15) is 33.6 Å². The van der Waals surface area contributed by atoms with Crippen LogP contribution in [0, 0.1) is 0 Å². The van der Waals surface area contributed by atoms with Gasteiger partial charge in [0.15, 0.2) is 0 Å². The van der Waals surface area contributed by atoms with Crippen molar-refractivity contribution >= 4 is 0 Å². The molecular formula is C16H27NO2. The Morgan fingerprint density at radius 2 is 1.84 bits per heavy atom. The molecule has 0 aliphatic carbocycles. The zero-order chi connectivity index (χ0) is 13.9. The first-order valence-corrected chi connectivity index (χ1v) is 7.25. The number of nitrogens with one attached hydrogen (secondary N) is 1. The molecule has 3 heteroatoms. The summed E-state index contributed by atoms with van der Waals surface area (Å²) >= 11 is 0. The summed E-state index contributed by atoms with van der Waals surface area (Å²) in [6, 6.07) is 10.4. The van der Waals surface area contributed by atoms with Crippen molar-refractivity contribution in [2.24, 2.45) is 0 Å². The zero-order valence-electron chi connectivity index (χ0n) is 12.4. The fraction of sp³-hybridized carbons (Fsp3) is 0.625. The highest BCUT2D eigenvalue weighted by Gasteiger charge is 2.08. The number of benzene rings is 1. The Morgan fingerprint density at radius 1 is 1.11 bits per heavy atom. The standard InChI is InChI=1S/C16H27NO2/c1-4-8-16(13-17-14(2)3)19-12-11-18-15-9-6-5-7-10-15/h5-7,9-10,14,16-17H,4,8,11-13H2,1-3H3. The molecule has 0 radical (unpaired) electrons. The van der Waals surface area contributed by atoms with E-state index in [1.54, 1.807) is 0 Å². The Kier molecular flexibility index (Phi) is 8.26. The van der Waals surface area contributed by atoms with Crippen molar-refractivity contribution in [3.8, 4) is 5.75 Å². The Bertz CT molecular complexity index is 314. The largest absolute Gasteiger partial charge is 0.491 e. The van der Waals surface area contributed by atoms with Crippen LogP contribution in [0.15, 0.2) is 30.3 Å². The van der Waals surface area contributed by atoms with Crippen molar-refractivity contribution in [1.82, 2.24) is 5.32 Å². The first kappa shape index (κ1) is 16.0. The van der Waals surface area contributed by atoms with Crippen LogP contribution in [-0.4, -0.2) is 31.9 Å². The van der Waals surface area contributed by atoms with Crippen LogP contribution >= 0.6 is 0 Å². The minimum absolute atomic E-state index is 0.284. The Hall–Kier alpha value is -1.06. The lowest BCUT2D eigenvalue weighted by atomic mass is 10.2. The monoisotopic (exact) mass is 265 g/mol. The molecule has 1 rings (SSSR count). The van der Waals surface area contributed by atoms with Gasteiger partial charge in [0.25, 0.3) is 0 Å². The fourth-order valence-electron chi connectivity index (χ4n) is 1.82. The van der Waals surface area contributed by atoms with Crippen LogP contribution in [0.4, 0.5) is 0 Å². The number of rotatable bonds is 10. The molecule has 0 heterocycles. The molecule has 0 aliphatic heterocycles. The van der Waals surface area contributed by atoms with E-state index >= 15 is 0 Å². The highest BCUT2D eigenvalue weighted by Crippen LogP contribution is 2.08. The Labute approximate surface area is 117 Å². The van der Waals surface area contributed by atoms with E-state index in [9.17, 15) is 0 Å². The van der Waals surface area contributed by atoms with Crippen LogP contribution < -0.4 is 10.1 Å². The van der Waals surface area contributed by atoms with Gasteiger partial charge >= 0.3 is 0 Å². The van der Waals surface area contributed by atoms with E-state index in [0.29, 0.717) is 19.3 Å². The van der Waals surface area contributed by atoms with Crippen LogP contribution in [0.25, 0.3) is 0 Å². The summed E-state index contributed by atoms with van der Waals surface area (Å²) in [6.07, 6.45) is 2.52. The molecule has 0 aliphatic rings. The van der Waals surface area contributed by atoms with Crippen molar-refractivity contribution in [3.05, 3.63) is 30.3 Å². The van der Waals surface area contributed by atoms with E-state index in [1.807, 2.05) is 30.3 Å². The zero-order valence-corrected chi connectivity index (χ0v) is 12.4. The highest BCUT2D eigenvalue weighted by molar-refractivity contribution is 5.20. The van der Waals surface area contributed by atoms with Gasteiger partial charge in [-0.05, 0) is 18.6 Å². The van der Waals surface area contributed by atoms with Gasteiger partial charge in [-0.1, -0.05) is 45.4 Å². The maximum Gasteiger partial charge on any atom is 0.119 e. The molecule has 1 atom stereocenters. The predicted molar refractivity (Wildman–Crippen MR) is 79.7 cm³/mol. The van der Waals surface area contributed by atoms with Gasteiger partial charge in [0.1, 0.15) is 12.4 Å². The quantitative estimate of drug-likeness (QED) is 0.659. The van der Waals surface area contributed by atoms with Gasteiger partial charge in [-0.25, -0.2) is 0 Å². The number of hydrogen-bond donors (Lipinski definition) is 1. The van der Waals surface area contributed by atoms with Gasteiger partial charge in [-0.3, -0.25) is 0 Å². The van der Waals surface area contributed by atoms with E-state index in [4.69, 9.17) is 9.47 Å². The Morgan fingerprint density at radius 3 is 2.47 bits per heavy atom. The summed E-state index contributed by atoms with van der Waals surface area (Å²) in [5.41, 5.74) is 0. The van der Waals surface area contributed by atoms with Crippen LogP contribution in [0.2, 0.25) is 0 Å². The summed E-state index contributed by atoms with van der Waals surface area (Å²) in [5.74, 6) is 0.901. The molecule has 1 unspecified atom stereocenters. The molecule has 3 nitrogen and oxygen atoms in total. The molecule has 1 N–H and O–H groups in total. The number of hydrogen-bond acceptors (Lipinski definition) is 3. The summed E-state index contributed by atoms with van der Waals surface area (Å²) in [7, 11) is 0. The lowest BCUT2D eigenvalue weighted by Crippen LogP contribution is -2.34. The van der Waals surface area contributed by atoms with E-state index in [0.717, 1.165) is 25.1 Å². The van der Waals surface area contributed by atoms with Gasteiger partial charge in [0.2, 0.25) is 0 Å². The lowest BCUT2D eigenvalue weighted by molar-refractivity contribution is 0.0278. The maximum absolute atomic E-state index is 5.87.